The summed E-state index contributed by atoms with van der Waals surface area (Å²) in [6, 6.07) is 14.2. The largest absolute Gasteiger partial charge is 0.462 e. The van der Waals surface area contributed by atoms with Gasteiger partial charge in [0.2, 0.25) is 0 Å². The number of hydrogen-bond acceptors (Lipinski definition) is 5. The Balaban J connectivity index is 1.85. The van der Waals surface area contributed by atoms with E-state index in [1.54, 1.807) is 18.3 Å². The first-order chi connectivity index (χ1) is 12.7. The lowest BCUT2D eigenvalue weighted by Crippen LogP contribution is -2.19. The summed E-state index contributed by atoms with van der Waals surface area (Å²) in [6.07, 6.45) is 3.46. The predicted octanol–water partition coefficient (Wildman–Crippen LogP) is 3.92. The van der Waals surface area contributed by atoms with E-state index < -0.39 is 5.97 Å². The lowest BCUT2D eigenvalue weighted by atomic mass is 9.97. The van der Waals surface area contributed by atoms with Gasteiger partial charge in [-0.15, -0.1) is 11.3 Å². The van der Waals surface area contributed by atoms with Crippen LogP contribution in [0.25, 0.3) is 10.9 Å². The van der Waals surface area contributed by atoms with E-state index >= 15 is 0 Å². The average molecular weight is 365 g/mol. The molecule has 5 nitrogen and oxygen atoms in total. The van der Waals surface area contributed by atoms with Gasteiger partial charge in [0, 0.05) is 40.6 Å². The lowest BCUT2D eigenvalue weighted by Gasteiger charge is -2.15. The van der Waals surface area contributed by atoms with Crippen LogP contribution in [0.5, 0.6) is 0 Å². The minimum atomic E-state index is -0.609. The number of aromatic nitrogens is 1. The van der Waals surface area contributed by atoms with Gasteiger partial charge in [-0.05, 0) is 30.0 Å². The van der Waals surface area contributed by atoms with Crippen molar-refractivity contribution in [3.63, 3.8) is 0 Å². The number of aromatic amines is 1. The van der Waals surface area contributed by atoms with Crippen molar-refractivity contribution in [2.24, 2.45) is 0 Å². The molecule has 6 heteroatoms. The van der Waals surface area contributed by atoms with E-state index in [9.17, 15) is 4.79 Å². The lowest BCUT2D eigenvalue weighted by molar-refractivity contribution is -0.138. The molecule has 0 saturated carbocycles. The predicted molar refractivity (Wildman–Crippen MR) is 103 cm³/mol. The van der Waals surface area contributed by atoms with E-state index in [1.807, 2.05) is 41.9 Å². The molecule has 0 aliphatic rings. The van der Waals surface area contributed by atoms with Gasteiger partial charge in [-0.3, -0.25) is 0 Å². The fraction of sp³-hybridized carbons (Fsp3) is 0.200. The van der Waals surface area contributed by atoms with E-state index in [-0.39, 0.29) is 18.1 Å². The number of rotatable bonds is 7. The van der Waals surface area contributed by atoms with Gasteiger partial charge in [0.1, 0.15) is 6.07 Å². The van der Waals surface area contributed by atoms with Crippen LogP contribution in [0.1, 0.15) is 23.3 Å². The van der Waals surface area contributed by atoms with Crippen LogP contribution >= 0.6 is 11.3 Å². The van der Waals surface area contributed by atoms with Crippen molar-refractivity contribution in [2.45, 2.75) is 12.8 Å². The van der Waals surface area contributed by atoms with E-state index in [1.165, 1.54) is 22.0 Å². The van der Waals surface area contributed by atoms with Gasteiger partial charge in [-0.25, -0.2) is 4.79 Å². The summed E-state index contributed by atoms with van der Waals surface area (Å²) in [7, 11) is 0. The molecule has 0 spiro atoms. The molecule has 2 N–H and O–H groups in total. The smallest absolute Gasteiger partial charge is 0.350 e. The number of thiophene rings is 1. The molecule has 2 heterocycles. The maximum absolute atomic E-state index is 11.7. The number of H-pyrrole nitrogens is 1. The molecular weight excluding hydrogens is 346 g/mol. The minimum absolute atomic E-state index is 0.0318. The molecule has 0 bridgehead atoms. The van der Waals surface area contributed by atoms with Gasteiger partial charge >= 0.3 is 5.97 Å². The van der Waals surface area contributed by atoms with E-state index in [0.29, 0.717) is 6.54 Å². The van der Waals surface area contributed by atoms with Gasteiger partial charge in [-0.1, -0.05) is 24.3 Å². The number of hydrogen-bond donors (Lipinski definition) is 2. The molecule has 3 aromatic rings. The maximum atomic E-state index is 11.7. The van der Waals surface area contributed by atoms with Crippen molar-refractivity contribution in [3.8, 4) is 6.07 Å². The number of fused-ring (bicyclic) bond motifs is 1. The zero-order chi connectivity index (χ0) is 18.4. The monoisotopic (exact) mass is 365 g/mol. The molecule has 0 saturated heterocycles. The summed E-state index contributed by atoms with van der Waals surface area (Å²) in [5.74, 6) is -0.508. The maximum Gasteiger partial charge on any atom is 0.350 e. The Hall–Kier alpha value is -3.04. The van der Waals surface area contributed by atoms with Crippen molar-refractivity contribution in [3.05, 3.63) is 70.2 Å². The van der Waals surface area contributed by atoms with Crippen molar-refractivity contribution in [2.75, 3.05) is 13.2 Å². The molecule has 3 rings (SSSR count). The van der Waals surface area contributed by atoms with Crippen LogP contribution in [0.3, 0.4) is 0 Å². The second-order valence-electron chi connectivity index (χ2n) is 5.66. The Morgan fingerprint density at radius 2 is 2.23 bits per heavy atom. The highest BCUT2D eigenvalue weighted by Gasteiger charge is 2.19. The number of carbonyl (C=O) groups excluding carboxylic acids is 1. The van der Waals surface area contributed by atoms with Crippen molar-refractivity contribution in [1.29, 1.82) is 5.26 Å². The molecule has 0 radical (unpaired) electrons. The normalized spacial score (nSPS) is 12.5. The fourth-order valence-electron chi connectivity index (χ4n) is 2.86. The molecule has 0 amide bonds. The zero-order valence-corrected chi connectivity index (χ0v) is 15.2. The second-order valence-corrected chi connectivity index (χ2v) is 6.64. The van der Waals surface area contributed by atoms with Crippen molar-refractivity contribution < 1.29 is 9.53 Å². The summed E-state index contributed by atoms with van der Waals surface area (Å²) in [5, 5.41) is 15.5. The molecule has 0 unspecified atom stereocenters. The van der Waals surface area contributed by atoms with Gasteiger partial charge in [0.15, 0.2) is 5.57 Å². The number of para-hydroxylation sites is 1. The SMILES string of the molecule is CCOC(=O)/C(C#N)=C\NC[C@H](c1cccs1)c1c[nH]c2ccccc12. The number of nitriles is 1. The minimum Gasteiger partial charge on any atom is -0.462 e. The molecule has 0 fully saturated rings. The van der Waals surface area contributed by atoms with Gasteiger partial charge < -0.3 is 15.0 Å². The zero-order valence-electron chi connectivity index (χ0n) is 14.4. The summed E-state index contributed by atoms with van der Waals surface area (Å²) < 4.78 is 4.88. The molecule has 1 atom stereocenters. The number of carbonyl (C=O) groups is 1. The molecule has 0 aliphatic heterocycles. The average Bonchev–Trinajstić information content (AvgIpc) is 3.32. The van der Waals surface area contributed by atoms with Crippen LogP contribution in [0.15, 0.2) is 59.7 Å². The van der Waals surface area contributed by atoms with Crippen LogP contribution in [-0.4, -0.2) is 24.1 Å². The molecule has 0 aliphatic carbocycles. The Labute approximate surface area is 155 Å². The first-order valence-electron chi connectivity index (χ1n) is 8.34. The second kappa shape index (κ2) is 8.37. The number of benzene rings is 1. The first-order valence-corrected chi connectivity index (χ1v) is 9.22. The Bertz CT molecular complexity index is 951. The number of nitrogens with one attached hydrogen (secondary N) is 2. The molecule has 1 aromatic carbocycles. The van der Waals surface area contributed by atoms with Gasteiger partial charge in [0.25, 0.3) is 0 Å². The van der Waals surface area contributed by atoms with E-state index in [4.69, 9.17) is 10.00 Å². The third kappa shape index (κ3) is 3.79. The molecule has 26 heavy (non-hydrogen) atoms. The summed E-state index contributed by atoms with van der Waals surface area (Å²) >= 11 is 1.69. The Kier molecular flexibility index (Phi) is 5.72. The van der Waals surface area contributed by atoms with Gasteiger partial charge in [-0.2, -0.15) is 5.26 Å². The van der Waals surface area contributed by atoms with Crippen molar-refractivity contribution in [1.82, 2.24) is 10.3 Å². The first kappa shape index (κ1) is 17.8. The standard InChI is InChI=1S/C20H19N3O2S/c1-2-25-20(24)14(10-21)11-22-12-17(19-8-5-9-26-19)16-13-23-18-7-4-3-6-15(16)18/h3-9,11,13,17,22-23H,2,12H2,1H3/b14-11-/t17-/m0/s1. The molecular formula is C20H19N3O2S. The van der Waals surface area contributed by atoms with Crippen LogP contribution in [0.4, 0.5) is 0 Å². The highest BCUT2D eigenvalue weighted by Crippen LogP contribution is 2.32. The van der Waals surface area contributed by atoms with Crippen LogP contribution < -0.4 is 5.32 Å². The molecule has 2 aromatic heterocycles. The number of ether oxygens (including phenoxy) is 1. The summed E-state index contributed by atoms with van der Waals surface area (Å²) in [6.45, 7) is 2.52. The third-order valence-electron chi connectivity index (χ3n) is 4.07. The summed E-state index contributed by atoms with van der Waals surface area (Å²) in [4.78, 5) is 16.3. The Morgan fingerprint density at radius 1 is 1.38 bits per heavy atom. The van der Waals surface area contributed by atoms with Crippen molar-refractivity contribution >= 4 is 28.2 Å². The third-order valence-corrected chi connectivity index (χ3v) is 5.05. The highest BCUT2D eigenvalue weighted by atomic mass is 32.1. The number of nitrogens with zero attached hydrogens (tertiary/aromatic N) is 1. The van der Waals surface area contributed by atoms with E-state index in [0.717, 1.165) is 5.52 Å². The quantitative estimate of drug-likeness (QED) is 0.378. The van der Waals surface area contributed by atoms with E-state index in [2.05, 4.69) is 22.4 Å². The van der Waals surface area contributed by atoms with Gasteiger partial charge in [0.05, 0.1) is 6.61 Å². The fourth-order valence-corrected chi connectivity index (χ4v) is 3.71. The molecule has 132 valence electrons. The van der Waals surface area contributed by atoms with Crippen LogP contribution in [0, 0.1) is 11.3 Å². The Morgan fingerprint density at radius 3 is 2.96 bits per heavy atom. The van der Waals surface area contributed by atoms with Crippen LogP contribution in [-0.2, 0) is 9.53 Å². The summed E-state index contributed by atoms with van der Waals surface area (Å²) in [5.41, 5.74) is 2.23. The highest BCUT2D eigenvalue weighted by molar-refractivity contribution is 7.10. The van der Waals surface area contributed by atoms with Crippen LogP contribution in [0.2, 0.25) is 0 Å². The number of esters is 1. The topological polar surface area (TPSA) is 77.9 Å².